The van der Waals surface area contributed by atoms with Crippen molar-refractivity contribution in [3.05, 3.63) is 133 Å². The lowest BCUT2D eigenvalue weighted by Crippen LogP contribution is -2.07. The van der Waals surface area contributed by atoms with Gasteiger partial charge in [-0.15, -0.1) is 0 Å². The molecule has 1 atom stereocenters. The van der Waals surface area contributed by atoms with Gasteiger partial charge >= 0.3 is 7.82 Å². The van der Waals surface area contributed by atoms with E-state index < -0.39 is 7.82 Å². The molecule has 208 valence electrons. The monoisotopic (exact) mass is 582 g/mol. The predicted molar refractivity (Wildman–Crippen MR) is 166 cm³/mol. The van der Waals surface area contributed by atoms with Crippen LogP contribution in [0.15, 0.2) is 133 Å². The number of rotatable bonds is 5. The SMILES string of the molecule is O=P12OOc3c(c(c(-c4ccc(O)c(-c5ccccc5)c4-c4ccccc4)c(-c4ccccc4)c3-c3ccccc3)O1)O2. The average molecular weight is 583 g/mol. The molecule has 1 N–H and O–H groups in total. The molecule has 8 rings (SSSR count). The largest absolute Gasteiger partial charge is 0.625 e. The van der Waals surface area contributed by atoms with Gasteiger partial charge in [0.2, 0.25) is 11.5 Å². The lowest BCUT2D eigenvalue weighted by molar-refractivity contribution is -0.124. The average Bonchev–Trinajstić information content (AvgIpc) is 3.37. The first-order chi connectivity index (χ1) is 21.1. The summed E-state index contributed by atoms with van der Waals surface area (Å²) in [4.78, 5) is 5.70. The molecule has 2 bridgehead atoms. The molecular weight excluding hydrogens is 559 g/mol. The molecular formula is C36H23O6P. The maximum atomic E-state index is 13.4. The third kappa shape index (κ3) is 4.11. The summed E-state index contributed by atoms with van der Waals surface area (Å²) in [7, 11) is -4.06. The van der Waals surface area contributed by atoms with Crippen LogP contribution in [0.3, 0.4) is 0 Å². The summed E-state index contributed by atoms with van der Waals surface area (Å²) in [5, 5.41) is 11.4. The minimum absolute atomic E-state index is 0.130. The molecule has 6 nitrogen and oxygen atoms in total. The summed E-state index contributed by atoms with van der Waals surface area (Å²) < 4.78 is 30.6. The van der Waals surface area contributed by atoms with Gasteiger partial charge in [-0.2, -0.15) is 0 Å². The van der Waals surface area contributed by atoms with E-state index in [-0.39, 0.29) is 23.0 Å². The minimum Gasteiger partial charge on any atom is -0.507 e. The van der Waals surface area contributed by atoms with Crippen molar-refractivity contribution in [2.24, 2.45) is 0 Å². The van der Waals surface area contributed by atoms with E-state index in [9.17, 15) is 9.67 Å². The third-order valence-corrected chi connectivity index (χ3v) is 8.76. The second kappa shape index (κ2) is 9.92. The molecule has 2 aliphatic heterocycles. The second-order valence-corrected chi connectivity index (χ2v) is 11.7. The van der Waals surface area contributed by atoms with E-state index in [1.165, 1.54) is 0 Å². The van der Waals surface area contributed by atoms with Crippen LogP contribution >= 0.6 is 7.82 Å². The van der Waals surface area contributed by atoms with E-state index in [0.29, 0.717) is 16.7 Å². The fourth-order valence-electron chi connectivity index (χ4n) is 5.92. The molecule has 43 heavy (non-hydrogen) atoms. The molecule has 0 fully saturated rings. The van der Waals surface area contributed by atoms with Gasteiger partial charge in [-0.1, -0.05) is 126 Å². The fraction of sp³-hybridized carbons (Fsp3) is 0. The highest BCUT2D eigenvalue weighted by Crippen LogP contribution is 2.71. The topological polar surface area (TPSA) is 74.2 Å². The molecule has 0 aliphatic carbocycles. The van der Waals surface area contributed by atoms with Crippen molar-refractivity contribution in [1.82, 2.24) is 0 Å². The maximum Gasteiger partial charge on any atom is 0.625 e. The third-order valence-electron chi connectivity index (χ3n) is 7.69. The molecule has 1 unspecified atom stereocenters. The van der Waals surface area contributed by atoms with Gasteiger partial charge in [0.25, 0.3) is 0 Å². The first-order valence-electron chi connectivity index (χ1n) is 13.8. The number of aromatic hydroxyl groups is 1. The van der Waals surface area contributed by atoms with Crippen molar-refractivity contribution < 1.29 is 28.3 Å². The van der Waals surface area contributed by atoms with Crippen LogP contribution in [-0.2, 0) is 9.24 Å². The number of hydrogen-bond donors (Lipinski definition) is 1. The Bertz CT molecular complexity index is 2050. The summed E-state index contributed by atoms with van der Waals surface area (Å²) >= 11 is 0. The quantitative estimate of drug-likeness (QED) is 0.161. The zero-order valence-electron chi connectivity index (χ0n) is 22.6. The highest BCUT2D eigenvalue weighted by Gasteiger charge is 2.51. The van der Waals surface area contributed by atoms with Crippen LogP contribution in [0.1, 0.15) is 0 Å². The first-order valence-corrected chi connectivity index (χ1v) is 15.2. The summed E-state index contributed by atoms with van der Waals surface area (Å²) in [6.45, 7) is 0. The van der Waals surface area contributed by atoms with E-state index in [1.54, 1.807) is 6.07 Å². The van der Waals surface area contributed by atoms with E-state index >= 15 is 0 Å². The van der Waals surface area contributed by atoms with Crippen molar-refractivity contribution in [1.29, 1.82) is 0 Å². The molecule has 0 amide bonds. The Morgan fingerprint density at radius 2 is 0.907 bits per heavy atom. The lowest BCUT2D eigenvalue weighted by atomic mass is 9.81. The molecule has 6 aromatic carbocycles. The van der Waals surface area contributed by atoms with Gasteiger partial charge in [0.1, 0.15) is 5.75 Å². The smallest absolute Gasteiger partial charge is 0.507 e. The maximum absolute atomic E-state index is 13.4. The zero-order chi connectivity index (χ0) is 29.0. The number of fused-ring (bicyclic) bond motifs is 1. The molecule has 6 aromatic rings. The Labute approximate surface area is 247 Å². The van der Waals surface area contributed by atoms with Gasteiger partial charge in [0.15, 0.2) is 5.75 Å². The Hall–Kier alpha value is -5.29. The van der Waals surface area contributed by atoms with Crippen molar-refractivity contribution in [3.63, 3.8) is 0 Å². The van der Waals surface area contributed by atoms with Gasteiger partial charge < -0.3 is 19.0 Å². The van der Waals surface area contributed by atoms with E-state index in [1.807, 2.05) is 127 Å². The number of phenols is 1. The summed E-state index contributed by atoms with van der Waals surface area (Å²) in [5.41, 5.74) is 7.77. The summed E-state index contributed by atoms with van der Waals surface area (Å²) in [5.74, 6) is 0.897. The second-order valence-electron chi connectivity index (χ2n) is 10.2. The van der Waals surface area contributed by atoms with E-state index in [0.717, 1.165) is 38.9 Å². The number of phosphoric ester groups is 1. The number of benzene rings is 6. The Morgan fingerprint density at radius 3 is 1.47 bits per heavy atom. The summed E-state index contributed by atoms with van der Waals surface area (Å²) in [6, 6.07) is 42.9. The van der Waals surface area contributed by atoms with E-state index in [4.69, 9.17) is 18.6 Å². The molecule has 2 aliphatic rings. The van der Waals surface area contributed by atoms with Gasteiger partial charge in [-0.25, -0.2) is 4.57 Å². The van der Waals surface area contributed by atoms with Crippen LogP contribution < -0.4 is 13.9 Å². The van der Waals surface area contributed by atoms with Crippen molar-refractivity contribution in [2.45, 2.75) is 0 Å². The number of hydrogen-bond acceptors (Lipinski definition) is 6. The Morgan fingerprint density at radius 1 is 0.442 bits per heavy atom. The van der Waals surface area contributed by atoms with Gasteiger partial charge in [0, 0.05) is 27.8 Å². The van der Waals surface area contributed by atoms with Gasteiger partial charge in [0.05, 0.1) is 0 Å². The van der Waals surface area contributed by atoms with Gasteiger partial charge in [-0.3, -0.25) is 0 Å². The van der Waals surface area contributed by atoms with Crippen molar-refractivity contribution in [2.75, 3.05) is 0 Å². The van der Waals surface area contributed by atoms with Crippen LogP contribution in [0.2, 0.25) is 0 Å². The highest BCUT2D eigenvalue weighted by atomic mass is 31.2. The molecule has 0 spiro atoms. The lowest BCUT2D eigenvalue weighted by Gasteiger charge is -2.24. The molecule has 0 saturated heterocycles. The highest BCUT2D eigenvalue weighted by molar-refractivity contribution is 7.49. The Balaban J connectivity index is 1.58. The zero-order valence-corrected chi connectivity index (χ0v) is 23.5. The normalized spacial score (nSPS) is 16.2. The van der Waals surface area contributed by atoms with Crippen molar-refractivity contribution >= 4 is 7.82 Å². The van der Waals surface area contributed by atoms with Crippen LogP contribution in [0.25, 0.3) is 55.6 Å². The fourth-order valence-corrected chi connectivity index (χ4v) is 6.97. The van der Waals surface area contributed by atoms with Crippen LogP contribution in [0.4, 0.5) is 0 Å². The number of phosphoric acid groups is 1. The van der Waals surface area contributed by atoms with Crippen LogP contribution in [0, 0.1) is 0 Å². The van der Waals surface area contributed by atoms with Gasteiger partial charge in [-0.05, 0) is 39.9 Å². The number of phenolic OH excluding ortho intramolecular Hbond substituents is 1. The van der Waals surface area contributed by atoms with Crippen LogP contribution in [0.5, 0.6) is 23.0 Å². The Kier molecular flexibility index (Phi) is 5.86. The molecule has 0 radical (unpaired) electrons. The van der Waals surface area contributed by atoms with Crippen LogP contribution in [-0.4, -0.2) is 5.11 Å². The molecule has 0 aromatic heterocycles. The first kappa shape index (κ1) is 25.4. The standard InChI is InChI=1S/C36H23O6P/c37-28-22-21-27(29(23-13-5-1-6-14-23)30(28)24-15-7-2-8-16-24)33-31(25-17-9-3-10-18-25)32(26-19-11-4-12-20-26)34-36-35(33)40-43(38,41-36)42-39-34/h1-22,37H. The van der Waals surface area contributed by atoms with E-state index in [2.05, 4.69) is 0 Å². The summed E-state index contributed by atoms with van der Waals surface area (Å²) in [6.07, 6.45) is 0. The van der Waals surface area contributed by atoms with Crippen molar-refractivity contribution in [3.8, 4) is 78.6 Å². The molecule has 0 saturated carbocycles. The molecule has 7 heteroatoms. The molecule has 2 heterocycles. The minimum atomic E-state index is -4.06. The predicted octanol–water partition coefficient (Wildman–Crippen LogP) is 9.93.